The Morgan fingerprint density at radius 1 is 0.778 bits per heavy atom. The highest BCUT2D eigenvalue weighted by molar-refractivity contribution is 6.10. The molecule has 3 nitrogen and oxygen atoms in total. The van der Waals surface area contributed by atoms with E-state index < -0.39 is 0 Å². The number of furan rings is 1. The van der Waals surface area contributed by atoms with E-state index in [1.54, 1.807) is 0 Å². The maximum Gasteiger partial charge on any atom is 0.143 e. The standard InChI is InChI=1S/C24H22N2O/c1-2-10-22-15(5-1)17-7-3-8-18(24(17)27-22)16-6-4-9-21-23(16)19-11-13-25-14-12-20(19)26-21/h1-10,19-20,25-26H,11-14H2/t19-,20-/m0/s1. The van der Waals surface area contributed by atoms with Gasteiger partial charge in [-0.15, -0.1) is 0 Å². The second-order valence-corrected chi connectivity index (χ2v) is 7.73. The third-order valence-electron chi connectivity index (χ3n) is 6.26. The average molecular weight is 354 g/mol. The summed E-state index contributed by atoms with van der Waals surface area (Å²) in [6.45, 7) is 2.18. The Labute approximate surface area is 158 Å². The summed E-state index contributed by atoms with van der Waals surface area (Å²) >= 11 is 0. The van der Waals surface area contributed by atoms with Crippen molar-refractivity contribution >= 4 is 27.6 Å². The first-order valence-corrected chi connectivity index (χ1v) is 9.91. The Hall–Kier alpha value is -2.78. The molecule has 1 fully saturated rings. The smallest absolute Gasteiger partial charge is 0.143 e. The van der Waals surface area contributed by atoms with Crippen LogP contribution < -0.4 is 10.6 Å². The normalized spacial score (nSPS) is 21.6. The summed E-state index contributed by atoms with van der Waals surface area (Å²) in [7, 11) is 0. The van der Waals surface area contributed by atoms with Crippen LogP contribution in [0.3, 0.4) is 0 Å². The van der Waals surface area contributed by atoms with Crippen LogP contribution in [0.4, 0.5) is 5.69 Å². The monoisotopic (exact) mass is 354 g/mol. The zero-order valence-electron chi connectivity index (χ0n) is 15.2. The lowest BCUT2D eigenvalue weighted by Gasteiger charge is -2.18. The van der Waals surface area contributed by atoms with Gasteiger partial charge in [-0.2, -0.15) is 0 Å². The molecule has 1 saturated heterocycles. The van der Waals surface area contributed by atoms with Gasteiger partial charge in [0.25, 0.3) is 0 Å². The third-order valence-corrected chi connectivity index (χ3v) is 6.26. The second kappa shape index (κ2) is 5.86. The zero-order valence-corrected chi connectivity index (χ0v) is 15.2. The molecule has 2 aliphatic heterocycles. The topological polar surface area (TPSA) is 37.2 Å². The Morgan fingerprint density at radius 2 is 1.59 bits per heavy atom. The fourth-order valence-corrected chi connectivity index (χ4v) is 5.05. The molecule has 134 valence electrons. The maximum absolute atomic E-state index is 6.33. The van der Waals surface area contributed by atoms with Crippen molar-refractivity contribution in [2.45, 2.75) is 24.8 Å². The lowest BCUT2D eigenvalue weighted by atomic mass is 9.85. The van der Waals surface area contributed by atoms with E-state index in [1.807, 2.05) is 6.07 Å². The number of rotatable bonds is 1. The third kappa shape index (κ3) is 2.25. The number of benzene rings is 3. The largest absolute Gasteiger partial charge is 0.455 e. The van der Waals surface area contributed by atoms with Crippen LogP contribution in [0.2, 0.25) is 0 Å². The van der Waals surface area contributed by atoms with Gasteiger partial charge < -0.3 is 15.1 Å². The summed E-state index contributed by atoms with van der Waals surface area (Å²) in [5.74, 6) is 0.561. The van der Waals surface area contributed by atoms with Gasteiger partial charge in [0.15, 0.2) is 0 Å². The molecule has 2 aliphatic rings. The van der Waals surface area contributed by atoms with E-state index in [0.717, 1.165) is 24.3 Å². The molecular formula is C24H22N2O. The summed E-state index contributed by atoms with van der Waals surface area (Å²) < 4.78 is 6.33. The molecule has 0 bridgehead atoms. The molecule has 4 aromatic rings. The summed E-state index contributed by atoms with van der Waals surface area (Å²) in [6, 6.07) is 22.1. The van der Waals surface area contributed by atoms with E-state index in [1.165, 1.54) is 46.0 Å². The van der Waals surface area contributed by atoms with Crippen molar-refractivity contribution in [1.82, 2.24) is 5.32 Å². The van der Waals surface area contributed by atoms with Crippen molar-refractivity contribution < 1.29 is 4.42 Å². The molecule has 0 amide bonds. The minimum absolute atomic E-state index is 0.533. The highest BCUT2D eigenvalue weighted by atomic mass is 16.3. The number of fused-ring (bicyclic) bond motifs is 6. The molecule has 2 N–H and O–H groups in total. The van der Waals surface area contributed by atoms with Crippen LogP contribution in [0.1, 0.15) is 24.3 Å². The van der Waals surface area contributed by atoms with Crippen LogP contribution in [0.25, 0.3) is 33.1 Å². The van der Waals surface area contributed by atoms with Gasteiger partial charge in [0.2, 0.25) is 0 Å². The fraction of sp³-hybridized carbons (Fsp3) is 0.250. The summed E-state index contributed by atoms with van der Waals surface area (Å²) in [5, 5.41) is 9.74. The number of para-hydroxylation sites is 2. The second-order valence-electron chi connectivity index (χ2n) is 7.73. The molecule has 2 atom stereocenters. The van der Waals surface area contributed by atoms with Crippen LogP contribution in [-0.2, 0) is 0 Å². The SMILES string of the molecule is c1cc2c(c(-c3cccc4c3oc3ccccc34)c1)[C@H]1CCNCC[C@@H]1N2. The average Bonchev–Trinajstić information content (AvgIpc) is 3.17. The molecule has 3 heteroatoms. The van der Waals surface area contributed by atoms with E-state index in [0.29, 0.717) is 12.0 Å². The molecule has 0 unspecified atom stereocenters. The van der Waals surface area contributed by atoms with Crippen LogP contribution in [-0.4, -0.2) is 19.1 Å². The summed E-state index contributed by atoms with van der Waals surface area (Å²) in [6.07, 6.45) is 2.35. The van der Waals surface area contributed by atoms with Crippen LogP contribution >= 0.6 is 0 Å². The molecule has 0 aliphatic carbocycles. The lowest BCUT2D eigenvalue weighted by molar-refractivity contribution is 0.579. The van der Waals surface area contributed by atoms with E-state index >= 15 is 0 Å². The first kappa shape index (κ1) is 15.3. The molecule has 1 aromatic heterocycles. The Morgan fingerprint density at radius 3 is 2.59 bits per heavy atom. The van der Waals surface area contributed by atoms with Gasteiger partial charge in [0.1, 0.15) is 11.2 Å². The lowest BCUT2D eigenvalue weighted by Crippen LogP contribution is -2.21. The Balaban J connectivity index is 1.60. The summed E-state index contributed by atoms with van der Waals surface area (Å²) in [4.78, 5) is 0. The van der Waals surface area contributed by atoms with Crippen molar-refractivity contribution in [1.29, 1.82) is 0 Å². The number of anilines is 1. The van der Waals surface area contributed by atoms with Gasteiger partial charge in [-0.3, -0.25) is 0 Å². The van der Waals surface area contributed by atoms with Gasteiger partial charge in [-0.25, -0.2) is 0 Å². The van der Waals surface area contributed by atoms with Gasteiger partial charge in [0.05, 0.1) is 0 Å². The molecule has 27 heavy (non-hydrogen) atoms. The molecular weight excluding hydrogens is 332 g/mol. The van der Waals surface area contributed by atoms with Crippen molar-refractivity contribution in [3.05, 3.63) is 66.2 Å². The quantitative estimate of drug-likeness (QED) is 0.473. The van der Waals surface area contributed by atoms with Crippen LogP contribution in [0, 0.1) is 0 Å². The summed E-state index contributed by atoms with van der Waals surface area (Å²) in [5.41, 5.74) is 7.26. The van der Waals surface area contributed by atoms with E-state index in [9.17, 15) is 0 Å². The van der Waals surface area contributed by atoms with E-state index in [2.05, 4.69) is 65.2 Å². The highest BCUT2D eigenvalue weighted by Crippen LogP contribution is 2.47. The van der Waals surface area contributed by atoms with E-state index in [4.69, 9.17) is 4.42 Å². The molecule has 6 rings (SSSR count). The molecule has 0 spiro atoms. The number of hydrogen-bond acceptors (Lipinski definition) is 3. The minimum Gasteiger partial charge on any atom is -0.455 e. The van der Waals surface area contributed by atoms with Gasteiger partial charge in [0, 0.05) is 34.0 Å². The Kier molecular flexibility index (Phi) is 3.32. The zero-order chi connectivity index (χ0) is 17.8. The van der Waals surface area contributed by atoms with Crippen molar-refractivity contribution in [3.63, 3.8) is 0 Å². The predicted molar refractivity (Wildman–Crippen MR) is 111 cm³/mol. The Bertz CT molecular complexity index is 1160. The molecule has 0 radical (unpaired) electrons. The maximum atomic E-state index is 6.33. The highest BCUT2D eigenvalue weighted by Gasteiger charge is 2.35. The van der Waals surface area contributed by atoms with Crippen molar-refractivity contribution in [2.75, 3.05) is 18.4 Å². The minimum atomic E-state index is 0.533. The van der Waals surface area contributed by atoms with E-state index in [-0.39, 0.29) is 0 Å². The number of nitrogens with one attached hydrogen (secondary N) is 2. The first-order chi connectivity index (χ1) is 13.4. The van der Waals surface area contributed by atoms with Crippen LogP contribution in [0.5, 0.6) is 0 Å². The molecule has 0 saturated carbocycles. The van der Waals surface area contributed by atoms with Gasteiger partial charge in [-0.1, -0.05) is 48.5 Å². The van der Waals surface area contributed by atoms with Gasteiger partial charge >= 0.3 is 0 Å². The number of hydrogen-bond donors (Lipinski definition) is 2. The van der Waals surface area contributed by atoms with Crippen LogP contribution in [0.15, 0.2) is 65.1 Å². The predicted octanol–water partition coefficient (Wildman–Crippen LogP) is 5.51. The first-order valence-electron chi connectivity index (χ1n) is 9.91. The molecule has 3 aromatic carbocycles. The van der Waals surface area contributed by atoms with Crippen molar-refractivity contribution in [2.24, 2.45) is 0 Å². The van der Waals surface area contributed by atoms with Gasteiger partial charge in [-0.05, 0) is 49.2 Å². The molecule has 3 heterocycles. The fourth-order valence-electron chi connectivity index (χ4n) is 5.05. The van der Waals surface area contributed by atoms with Crippen molar-refractivity contribution in [3.8, 4) is 11.1 Å².